The van der Waals surface area contributed by atoms with Gasteiger partial charge in [0.25, 0.3) is 5.91 Å². The van der Waals surface area contributed by atoms with Gasteiger partial charge in [-0.25, -0.2) is 0 Å². The number of halogens is 1. The van der Waals surface area contributed by atoms with E-state index >= 15 is 0 Å². The van der Waals surface area contributed by atoms with E-state index in [4.69, 9.17) is 4.74 Å². The molecule has 0 spiro atoms. The van der Waals surface area contributed by atoms with Crippen molar-refractivity contribution in [2.24, 2.45) is 5.92 Å². The minimum Gasteiger partial charge on any atom is -0.550 e. The fraction of sp³-hybridized carbons (Fsp3) is 0.500. The van der Waals surface area contributed by atoms with Gasteiger partial charge in [0.15, 0.2) is 6.61 Å². The van der Waals surface area contributed by atoms with Gasteiger partial charge in [-0.15, -0.1) is 0 Å². The number of ether oxygens (including phenoxy) is 1. The number of rotatable bonds is 4. The highest BCUT2D eigenvalue weighted by atomic mass is 79.9. The Hall–Kier alpha value is -1.56. The van der Waals surface area contributed by atoms with Crippen LogP contribution in [-0.2, 0) is 9.59 Å². The predicted octanol–water partition coefficient (Wildman–Crippen LogP) is 1.43. The van der Waals surface area contributed by atoms with Crippen molar-refractivity contribution in [2.45, 2.75) is 26.7 Å². The largest absolute Gasteiger partial charge is 0.550 e. The van der Waals surface area contributed by atoms with Crippen LogP contribution in [0.2, 0.25) is 0 Å². The number of hydrogen-bond donors (Lipinski definition) is 0. The van der Waals surface area contributed by atoms with E-state index < -0.39 is 11.9 Å². The number of amides is 1. The second-order valence-electron chi connectivity index (χ2n) is 5.63. The number of carboxylic acids is 1. The van der Waals surface area contributed by atoms with Crippen LogP contribution in [0.25, 0.3) is 0 Å². The quantitative estimate of drug-likeness (QED) is 0.805. The first-order valence-corrected chi connectivity index (χ1v) is 8.06. The Bertz CT molecular complexity index is 557. The molecule has 1 aromatic rings. The monoisotopic (exact) mass is 368 g/mol. The van der Waals surface area contributed by atoms with Crippen LogP contribution in [-0.4, -0.2) is 36.5 Å². The zero-order chi connectivity index (χ0) is 16.3. The van der Waals surface area contributed by atoms with Gasteiger partial charge in [0.05, 0.1) is 0 Å². The molecule has 0 atom stereocenters. The molecule has 1 fully saturated rings. The maximum Gasteiger partial charge on any atom is 0.260 e. The van der Waals surface area contributed by atoms with Crippen LogP contribution in [0.4, 0.5) is 0 Å². The van der Waals surface area contributed by atoms with Crippen LogP contribution in [0.3, 0.4) is 0 Å². The average molecular weight is 369 g/mol. The second-order valence-corrected chi connectivity index (χ2v) is 6.55. The average Bonchev–Trinajstić information content (AvgIpc) is 2.46. The number of aryl methyl sites for hydroxylation is 2. The molecule has 22 heavy (non-hydrogen) atoms. The summed E-state index contributed by atoms with van der Waals surface area (Å²) in [7, 11) is 0. The van der Waals surface area contributed by atoms with Gasteiger partial charge < -0.3 is 19.5 Å². The summed E-state index contributed by atoms with van der Waals surface area (Å²) in [6, 6.07) is 3.89. The van der Waals surface area contributed by atoms with Crippen molar-refractivity contribution in [3.05, 3.63) is 27.7 Å². The zero-order valence-electron chi connectivity index (χ0n) is 12.7. The summed E-state index contributed by atoms with van der Waals surface area (Å²) >= 11 is 3.42. The van der Waals surface area contributed by atoms with E-state index in [0.29, 0.717) is 25.9 Å². The number of aliphatic carboxylic acids is 1. The summed E-state index contributed by atoms with van der Waals surface area (Å²) < 4.78 is 6.65. The van der Waals surface area contributed by atoms with Gasteiger partial charge >= 0.3 is 0 Å². The molecular weight excluding hydrogens is 350 g/mol. The smallest absolute Gasteiger partial charge is 0.260 e. The first kappa shape index (κ1) is 16.8. The highest BCUT2D eigenvalue weighted by molar-refractivity contribution is 9.10. The predicted molar refractivity (Wildman–Crippen MR) is 83.4 cm³/mol. The Morgan fingerprint density at radius 2 is 1.82 bits per heavy atom. The minimum atomic E-state index is -1.02. The van der Waals surface area contributed by atoms with E-state index in [1.54, 1.807) is 4.90 Å². The summed E-state index contributed by atoms with van der Waals surface area (Å²) in [5.41, 5.74) is 1.94. The maximum absolute atomic E-state index is 12.2. The fourth-order valence-electron chi connectivity index (χ4n) is 2.71. The minimum absolute atomic E-state index is 0.0285. The Morgan fingerprint density at radius 3 is 2.32 bits per heavy atom. The molecule has 1 aliphatic heterocycles. The van der Waals surface area contributed by atoms with E-state index in [2.05, 4.69) is 15.9 Å². The molecule has 0 unspecified atom stereocenters. The van der Waals surface area contributed by atoms with E-state index in [9.17, 15) is 14.7 Å². The van der Waals surface area contributed by atoms with Crippen molar-refractivity contribution >= 4 is 27.8 Å². The van der Waals surface area contributed by atoms with Crippen molar-refractivity contribution in [1.29, 1.82) is 0 Å². The Labute approximate surface area is 138 Å². The first-order chi connectivity index (χ1) is 10.4. The fourth-order valence-corrected chi connectivity index (χ4v) is 3.40. The lowest BCUT2D eigenvalue weighted by Gasteiger charge is -2.32. The van der Waals surface area contributed by atoms with Gasteiger partial charge in [0.1, 0.15) is 5.75 Å². The van der Waals surface area contributed by atoms with Crippen LogP contribution in [0, 0.1) is 19.8 Å². The van der Waals surface area contributed by atoms with Gasteiger partial charge in [0.2, 0.25) is 0 Å². The van der Waals surface area contributed by atoms with Crippen LogP contribution in [0.1, 0.15) is 24.0 Å². The molecular formula is C16H19BrNO4-. The maximum atomic E-state index is 12.2. The third-order valence-electron chi connectivity index (χ3n) is 3.95. The number of nitrogens with zero attached hydrogens (tertiary/aromatic N) is 1. The number of hydrogen-bond acceptors (Lipinski definition) is 4. The lowest BCUT2D eigenvalue weighted by molar-refractivity contribution is -0.312. The van der Waals surface area contributed by atoms with Gasteiger partial charge in [0, 0.05) is 29.4 Å². The summed E-state index contributed by atoms with van der Waals surface area (Å²) in [6.45, 7) is 4.73. The van der Waals surface area contributed by atoms with Crippen molar-refractivity contribution in [3.8, 4) is 5.75 Å². The molecule has 0 aromatic heterocycles. The molecule has 0 bridgehead atoms. The van der Waals surface area contributed by atoms with Crippen molar-refractivity contribution in [2.75, 3.05) is 19.7 Å². The highest BCUT2D eigenvalue weighted by Crippen LogP contribution is 2.27. The van der Waals surface area contributed by atoms with Crippen LogP contribution >= 0.6 is 15.9 Å². The molecule has 1 heterocycles. The van der Waals surface area contributed by atoms with Crippen molar-refractivity contribution in [1.82, 2.24) is 4.90 Å². The Balaban J connectivity index is 1.90. The molecule has 1 amide bonds. The molecule has 5 nitrogen and oxygen atoms in total. The van der Waals surface area contributed by atoms with E-state index in [-0.39, 0.29) is 12.5 Å². The first-order valence-electron chi connectivity index (χ1n) is 7.26. The molecule has 120 valence electrons. The molecule has 0 aliphatic carbocycles. The van der Waals surface area contributed by atoms with Crippen LogP contribution in [0.15, 0.2) is 16.6 Å². The number of carbonyl (C=O) groups excluding carboxylic acids is 2. The Kier molecular flexibility index (Phi) is 5.45. The summed E-state index contributed by atoms with van der Waals surface area (Å²) in [5, 5.41) is 10.8. The van der Waals surface area contributed by atoms with E-state index in [1.165, 1.54) is 0 Å². The number of benzene rings is 1. The SMILES string of the molecule is Cc1cc(Br)cc(C)c1OCC(=O)N1CCC(C(=O)[O-])CC1. The molecule has 1 aromatic carbocycles. The van der Waals surface area contributed by atoms with Crippen LogP contribution in [0.5, 0.6) is 5.75 Å². The van der Waals surface area contributed by atoms with E-state index in [0.717, 1.165) is 21.3 Å². The summed E-state index contributed by atoms with van der Waals surface area (Å²) in [4.78, 5) is 24.6. The summed E-state index contributed by atoms with van der Waals surface area (Å²) in [6.07, 6.45) is 0.898. The number of carboxylic acid groups (broad SMARTS) is 1. The number of piperidine rings is 1. The zero-order valence-corrected chi connectivity index (χ0v) is 14.3. The molecule has 6 heteroatoms. The van der Waals surface area contributed by atoms with Crippen LogP contribution < -0.4 is 9.84 Å². The standard InChI is InChI=1S/C16H20BrNO4/c1-10-7-13(17)8-11(2)15(10)22-9-14(19)18-5-3-12(4-6-18)16(20)21/h7-8,12H,3-6,9H2,1-2H3,(H,20,21)/p-1. The molecule has 0 N–H and O–H groups in total. The summed E-state index contributed by atoms with van der Waals surface area (Å²) in [5.74, 6) is -0.856. The second kappa shape index (κ2) is 7.13. The van der Waals surface area contributed by atoms with Gasteiger partial charge in [-0.05, 0) is 49.9 Å². The molecule has 0 saturated carbocycles. The molecule has 0 radical (unpaired) electrons. The van der Waals surface area contributed by atoms with Crippen molar-refractivity contribution in [3.63, 3.8) is 0 Å². The lowest BCUT2D eigenvalue weighted by atomic mass is 9.97. The number of likely N-dealkylation sites (tertiary alicyclic amines) is 1. The number of carbonyl (C=O) groups is 2. The molecule has 1 saturated heterocycles. The Morgan fingerprint density at radius 1 is 1.27 bits per heavy atom. The van der Waals surface area contributed by atoms with Gasteiger partial charge in [-0.2, -0.15) is 0 Å². The third-order valence-corrected chi connectivity index (χ3v) is 4.40. The highest BCUT2D eigenvalue weighted by Gasteiger charge is 2.23. The lowest BCUT2D eigenvalue weighted by Crippen LogP contribution is -2.45. The van der Waals surface area contributed by atoms with Crippen molar-refractivity contribution < 1.29 is 19.4 Å². The van der Waals surface area contributed by atoms with E-state index in [1.807, 2.05) is 26.0 Å². The normalized spacial score (nSPS) is 15.7. The molecule has 2 rings (SSSR count). The van der Waals surface area contributed by atoms with Gasteiger partial charge in [-0.1, -0.05) is 15.9 Å². The third kappa shape index (κ3) is 4.00. The van der Waals surface area contributed by atoms with Gasteiger partial charge in [-0.3, -0.25) is 4.79 Å². The topological polar surface area (TPSA) is 69.7 Å². The molecule has 1 aliphatic rings.